The number of rotatable bonds is 2. The molecule has 1 rings (SSSR count). The smallest absolute Gasteiger partial charge is 0.212 e. The van der Waals surface area contributed by atoms with Crippen molar-refractivity contribution >= 4 is 19.7 Å². The van der Waals surface area contributed by atoms with E-state index in [0.717, 1.165) is 6.42 Å². The van der Waals surface area contributed by atoms with Gasteiger partial charge in [-0.1, -0.05) is 6.92 Å². The summed E-state index contributed by atoms with van der Waals surface area (Å²) in [4.78, 5) is 0. The molecular formula is C6H11ClO2S. The maximum atomic E-state index is 10.7. The molecule has 60 valence electrons. The second-order valence-electron chi connectivity index (χ2n) is 3.06. The molecule has 4 heteroatoms. The van der Waals surface area contributed by atoms with Gasteiger partial charge in [0.25, 0.3) is 0 Å². The first-order valence-electron chi connectivity index (χ1n) is 3.36. The fourth-order valence-corrected chi connectivity index (χ4v) is 2.41. The van der Waals surface area contributed by atoms with Gasteiger partial charge in [-0.25, -0.2) is 8.42 Å². The third-order valence-electron chi connectivity index (χ3n) is 2.22. The molecule has 0 heterocycles. The third-order valence-corrected chi connectivity index (χ3v) is 4.30. The molecule has 0 saturated heterocycles. The zero-order valence-corrected chi connectivity index (χ0v) is 7.61. The fourth-order valence-electron chi connectivity index (χ4n) is 1.21. The van der Waals surface area contributed by atoms with E-state index in [1.165, 1.54) is 0 Å². The number of halogens is 1. The molecule has 0 N–H and O–H groups in total. The van der Waals surface area contributed by atoms with Gasteiger partial charge in [0, 0.05) is 10.7 Å². The summed E-state index contributed by atoms with van der Waals surface area (Å²) in [6.07, 6.45) is 1.01. The lowest BCUT2D eigenvalue weighted by atomic mass is 10.3. The Labute approximate surface area is 66.0 Å². The summed E-state index contributed by atoms with van der Waals surface area (Å²) in [7, 11) is 1.86. The molecule has 3 unspecified atom stereocenters. The molecule has 0 aromatic carbocycles. The fraction of sp³-hybridized carbons (Fsp3) is 1.00. The Morgan fingerprint density at radius 3 is 2.10 bits per heavy atom. The van der Waals surface area contributed by atoms with Crippen LogP contribution in [0.5, 0.6) is 0 Å². The van der Waals surface area contributed by atoms with Crippen molar-refractivity contribution in [3.05, 3.63) is 0 Å². The summed E-state index contributed by atoms with van der Waals surface area (Å²) in [6.45, 7) is 3.72. The van der Waals surface area contributed by atoms with Gasteiger partial charge in [-0.3, -0.25) is 0 Å². The summed E-state index contributed by atoms with van der Waals surface area (Å²) < 4.78 is 21.4. The largest absolute Gasteiger partial charge is 0.235 e. The minimum Gasteiger partial charge on any atom is -0.212 e. The third kappa shape index (κ3) is 1.64. The Morgan fingerprint density at radius 2 is 2.00 bits per heavy atom. The normalized spacial score (nSPS) is 35.5. The zero-order chi connectivity index (χ0) is 7.94. The van der Waals surface area contributed by atoms with Gasteiger partial charge in [-0.15, -0.1) is 0 Å². The summed E-state index contributed by atoms with van der Waals surface area (Å²) in [5, 5.41) is -0.357. The Morgan fingerprint density at radius 1 is 1.60 bits per heavy atom. The molecule has 1 aliphatic rings. The van der Waals surface area contributed by atoms with Crippen LogP contribution in [0.15, 0.2) is 0 Å². The molecule has 0 aliphatic heterocycles. The topological polar surface area (TPSA) is 34.1 Å². The van der Waals surface area contributed by atoms with Crippen molar-refractivity contribution in [1.29, 1.82) is 0 Å². The molecule has 0 spiro atoms. The van der Waals surface area contributed by atoms with Crippen LogP contribution in [-0.4, -0.2) is 13.7 Å². The van der Waals surface area contributed by atoms with E-state index < -0.39 is 9.05 Å². The van der Waals surface area contributed by atoms with Crippen molar-refractivity contribution in [2.24, 2.45) is 11.8 Å². The van der Waals surface area contributed by atoms with Crippen molar-refractivity contribution < 1.29 is 8.42 Å². The van der Waals surface area contributed by atoms with Crippen molar-refractivity contribution in [1.82, 2.24) is 0 Å². The summed E-state index contributed by atoms with van der Waals surface area (Å²) in [5.41, 5.74) is 0. The van der Waals surface area contributed by atoms with Crippen molar-refractivity contribution in [3.8, 4) is 0 Å². The molecule has 0 bridgehead atoms. The second-order valence-corrected chi connectivity index (χ2v) is 6.04. The first-order valence-corrected chi connectivity index (χ1v) is 5.73. The molecule has 0 aromatic heterocycles. The van der Waals surface area contributed by atoms with Gasteiger partial charge in [-0.2, -0.15) is 0 Å². The standard InChI is InChI=1S/C6H11ClO2S/c1-4-3-6(4)5(2)10(7,8)9/h4-6H,3H2,1-2H3. The van der Waals surface area contributed by atoms with Crippen LogP contribution in [0.2, 0.25) is 0 Å². The Bertz CT molecular complexity index is 222. The van der Waals surface area contributed by atoms with Crippen LogP contribution in [0.1, 0.15) is 20.3 Å². The molecule has 3 atom stereocenters. The van der Waals surface area contributed by atoms with E-state index in [1.54, 1.807) is 6.92 Å². The van der Waals surface area contributed by atoms with Gasteiger partial charge in [0.05, 0.1) is 5.25 Å². The molecule has 10 heavy (non-hydrogen) atoms. The highest BCUT2D eigenvalue weighted by Crippen LogP contribution is 2.43. The minimum atomic E-state index is -3.30. The van der Waals surface area contributed by atoms with E-state index in [4.69, 9.17) is 10.7 Å². The van der Waals surface area contributed by atoms with Crippen molar-refractivity contribution in [2.45, 2.75) is 25.5 Å². The highest BCUT2D eigenvalue weighted by molar-refractivity contribution is 8.14. The lowest BCUT2D eigenvalue weighted by Crippen LogP contribution is -2.14. The highest BCUT2D eigenvalue weighted by Gasteiger charge is 2.42. The molecular weight excluding hydrogens is 172 g/mol. The quantitative estimate of drug-likeness (QED) is 0.608. The Balaban J connectivity index is 2.60. The van der Waals surface area contributed by atoms with Gasteiger partial charge >= 0.3 is 0 Å². The van der Waals surface area contributed by atoms with Crippen LogP contribution >= 0.6 is 10.7 Å². The number of hydrogen-bond donors (Lipinski definition) is 0. The Hall–Kier alpha value is 0.240. The predicted molar refractivity (Wildman–Crippen MR) is 41.5 cm³/mol. The molecule has 1 aliphatic carbocycles. The number of hydrogen-bond acceptors (Lipinski definition) is 2. The maximum absolute atomic E-state index is 10.7. The van der Waals surface area contributed by atoms with E-state index in [-0.39, 0.29) is 5.25 Å². The summed E-state index contributed by atoms with van der Waals surface area (Å²) in [5.74, 6) is 0.853. The first kappa shape index (κ1) is 8.34. The first-order chi connectivity index (χ1) is 4.43. The van der Waals surface area contributed by atoms with Crippen molar-refractivity contribution in [2.75, 3.05) is 0 Å². The van der Waals surface area contributed by atoms with E-state index in [0.29, 0.717) is 11.8 Å². The second kappa shape index (κ2) is 2.38. The summed E-state index contributed by atoms with van der Waals surface area (Å²) >= 11 is 0. The van der Waals surface area contributed by atoms with Crippen LogP contribution in [-0.2, 0) is 9.05 Å². The van der Waals surface area contributed by atoms with Crippen LogP contribution in [0, 0.1) is 11.8 Å². The van der Waals surface area contributed by atoms with Gasteiger partial charge in [0.1, 0.15) is 0 Å². The highest BCUT2D eigenvalue weighted by atomic mass is 35.7. The van der Waals surface area contributed by atoms with Gasteiger partial charge in [0.15, 0.2) is 0 Å². The molecule has 0 amide bonds. The van der Waals surface area contributed by atoms with E-state index in [1.807, 2.05) is 6.92 Å². The van der Waals surface area contributed by atoms with E-state index >= 15 is 0 Å². The summed E-state index contributed by atoms with van der Waals surface area (Å²) in [6, 6.07) is 0. The molecule has 0 aromatic rings. The Kier molecular flexibility index (Phi) is 1.98. The SMILES string of the molecule is CC1CC1C(C)S(=O)(=O)Cl. The van der Waals surface area contributed by atoms with Gasteiger partial charge < -0.3 is 0 Å². The van der Waals surface area contributed by atoms with Crippen molar-refractivity contribution in [3.63, 3.8) is 0 Å². The monoisotopic (exact) mass is 182 g/mol. The minimum absolute atomic E-state index is 0.308. The van der Waals surface area contributed by atoms with Crippen LogP contribution in [0.4, 0.5) is 0 Å². The zero-order valence-electron chi connectivity index (χ0n) is 6.04. The van der Waals surface area contributed by atoms with Gasteiger partial charge in [0.2, 0.25) is 9.05 Å². The van der Waals surface area contributed by atoms with Crippen LogP contribution in [0.3, 0.4) is 0 Å². The molecule has 0 radical (unpaired) electrons. The van der Waals surface area contributed by atoms with Crippen LogP contribution in [0.25, 0.3) is 0 Å². The molecule has 1 fully saturated rings. The van der Waals surface area contributed by atoms with Gasteiger partial charge in [-0.05, 0) is 25.2 Å². The molecule has 1 saturated carbocycles. The lowest BCUT2D eigenvalue weighted by Gasteiger charge is -2.03. The van der Waals surface area contributed by atoms with E-state index in [9.17, 15) is 8.42 Å². The molecule has 2 nitrogen and oxygen atoms in total. The predicted octanol–water partition coefficient (Wildman–Crippen LogP) is 1.60. The maximum Gasteiger partial charge on any atom is 0.235 e. The average Bonchev–Trinajstić information content (AvgIpc) is 2.42. The average molecular weight is 183 g/mol. The van der Waals surface area contributed by atoms with E-state index in [2.05, 4.69) is 0 Å². The van der Waals surface area contributed by atoms with Crippen LogP contribution < -0.4 is 0 Å². The lowest BCUT2D eigenvalue weighted by molar-refractivity contribution is 0.583.